The van der Waals surface area contributed by atoms with Gasteiger partial charge >= 0.3 is 0 Å². The molecule has 0 saturated heterocycles. The third-order valence-electron chi connectivity index (χ3n) is 0.907. The standard InChI is InChI=1S/C5H9N5O/c1-10(2)3-7-5-4(6)8-11-9-5/h3H,1-2H3,(H2,6,8). The Morgan fingerprint density at radius 1 is 1.55 bits per heavy atom. The first-order valence-corrected chi connectivity index (χ1v) is 2.99. The van der Waals surface area contributed by atoms with Crippen LogP contribution < -0.4 is 5.73 Å². The van der Waals surface area contributed by atoms with E-state index in [2.05, 4.69) is 19.9 Å². The van der Waals surface area contributed by atoms with Crippen LogP contribution in [0.5, 0.6) is 0 Å². The van der Waals surface area contributed by atoms with Crippen LogP contribution in [0.4, 0.5) is 11.6 Å². The summed E-state index contributed by atoms with van der Waals surface area (Å²) in [6.45, 7) is 0. The van der Waals surface area contributed by atoms with E-state index in [1.807, 2.05) is 14.1 Å². The molecule has 0 amide bonds. The number of hydrogen-bond donors (Lipinski definition) is 1. The van der Waals surface area contributed by atoms with Gasteiger partial charge in [-0.1, -0.05) is 0 Å². The number of aliphatic imine (C=N–C) groups is 1. The quantitative estimate of drug-likeness (QED) is 0.475. The van der Waals surface area contributed by atoms with Gasteiger partial charge in [-0.3, -0.25) is 0 Å². The lowest BCUT2D eigenvalue weighted by molar-refractivity contribution is 0.310. The van der Waals surface area contributed by atoms with Gasteiger partial charge in [0.25, 0.3) is 0 Å². The number of nitrogens with zero attached hydrogens (tertiary/aromatic N) is 4. The largest absolute Gasteiger partial charge is 0.378 e. The maximum absolute atomic E-state index is 5.33. The molecule has 6 nitrogen and oxygen atoms in total. The van der Waals surface area contributed by atoms with Crippen LogP contribution in [-0.4, -0.2) is 35.6 Å². The fraction of sp³-hybridized carbons (Fsp3) is 0.400. The molecule has 60 valence electrons. The highest BCUT2D eigenvalue weighted by molar-refractivity contribution is 5.63. The fourth-order valence-corrected chi connectivity index (χ4v) is 0.451. The number of aromatic nitrogens is 2. The van der Waals surface area contributed by atoms with Crippen LogP contribution in [-0.2, 0) is 0 Å². The number of rotatable bonds is 2. The fourth-order valence-electron chi connectivity index (χ4n) is 0.451. The molecule has 1 rings (SSSR count). The van der Waals surface area contributed by atoms with Gasteiger partial charge < -0.3 is 10.6 Å². The van der Waals surface area contributed by atoms with E-state index in [1.54, 1.807) is 11.2 Å². The molecule has 11 heavy (non-hydrogen) atoms. The summed E-state index contributed by atoms with van der Waals surface area (Å²) in [5.41, 5.74) is 5.33. The van der Waals surface area contributed by atoms with Crippen LogP contribution in [0.1, 0.15) is 0 Å². The van der Waals surface area contributed by atoms with Crippen molar-refractivity contribution in [2.24, 2.45) is 4.99 Å². The Labute approximate surface area is 63.7 Å². The molecule has 0 saturated carbocycles. The molecule has 1 aromatic rings. The highest BCUT2D eigenvalue weighted by Crippen LogP contribution is 2.13. The van der Waals surface area contributed by atoms with Crippen LogP contribution in [0, 0.1) is 0 Å². The topological polar surface area (TPSA) is 80.5 Å². The monoisotopic (exact) mass is 155 g/mol. The third-order valence-corrected chi connectivity index (χ3v) is 0.907. The third kappa shape index (κ3) is 1.92. The van der Waals surface area contributed by atoms with Gasteiger partial charge in [-0.25, -0.2) is 9.62 Å². The molecule has 0 aliphatic heterocycles. The summed E-state index contributed by atoms with van der Waals surface area (Å²) in [4.78, 5) is 5.63. The maximum Gasteiger partial charge on any atom is 0.242 e. The molecular formula is C5H9N5O. The number of nitrogen functional groups attached to an aromatic ring is 1. The Balaban J connectivity index is 2.71. The molecule has 2 N–H and O–H groups in total. The Hall–Kier alpha value is -1.59. The molecule has 0 bridgehead atoms. The van der Waals surface area contributed by atoms with Gasteiger partial charge in [-0.2, -0.15) is 0 Å². The van der Waals surface area contributed by atoms with Gasteiger partial charge in [0.2, 0.25) is 11.6 Å². The molecule has 1 aromatic heterocycles. The van der Waals surface area contributed by atoms with E-state index in [4.69, 9.17) is 5.73 Å². The lowest BCUT2D eigenvalue weighted by Crippen LogP contribution is -2.07. The summed E-state index contributed by atoms with van der Waals surface area (Å²) >= 11 is 0. The lowest BCUT2D eigenvalue weighted by atomic mass is 10.7. The Morgan fingerprint density at radius 2 is 2.27 bits per heavy atom. The van der Waals surface area contributed by atoms with Crippen LogP contribution in [0.3, 0.4) is 0 Å². The molecule has 0 radical (unpaired) electrons. The molecule has 0 aliphatic carbocycles. The minimum Gasteiger partial charge on any atom is -0.378 e. The first-order chi connectivity index (χ1) is 5.20. The second-order valence-electron chi connectivity index (χ2n) is 2.18. The minimum absolute atomic E-state index is 0.197. The van der Waals surface area contributed by atoms with Gasteiger partial charge in [0.15, 0.2) is 0 Å². The average molecular weight is 155 g/mol. The molecular weight excluding hydrogens is 146 g/mol. The summed E-state index contributed by atoms with van der Waals surface area (Å²) in [5, 5.41) is 6.81. The van der Waals surface area contributed by atoms with E-state index < -0.39 is 0 Å². The van der Waals surface area contributed by atoms with Crippen molar-refractivity contribution in [2.45, 2.75) is 0 Å². The Morgan fingerprint density at radius 3 is 2.73 bits per heavy atom. The zero-order valence-electron chi connectivity index (χ0n) is 6.35. The second-order valence-corrected chi connectivity index (χ2v) is 2.18. The van der Waals surface area contributed by atoms with Gasteiger partial charge in [-0.05, 0) is 10.3 Å². The summed E-state index contributed by atoms with van der Waals surface area (Å²) in [6.07, 6.45) is 1.57. The van der Waals surface area contributed by atoms with Crippen molar-refractivity contribution < 1.29 is 4.63 Å². The molecule has 0 aliphatic rings. The van der Waals surface area contributed by atoms with Crippen molar-refractivity contribution >= 4 is 18.0 Å². The molecule has 0 spiro atoms. The first-order valence-electron chi connectivity index (χ1n) is 2.99. The van der Waals surface area contributed by atoms with Crippen LogP contribution >= 0.6 is 0 Å². The highest BCUT2D eigenvalue weighted by atomic mass is 16.6. The average Bonchev–Trinajstić information content (AvgIpc) is 2.31. The highest BCUT2D eigenvalue weighted by Gasteiger charge is 2.01. The van der Waals surface area contributed by atoms with Gasteiger partial charge in [0.1, 0.15) is 0 Å². The van der Waals surface area contributed by atoms with Gasteiger partial charge in [0, 0.05) is 14.1 Å². The molecule has 0 aromatic carbocycles. The summed E-state index contributed by atoms with van der Waals surface area (Å²) in [6, 6.07) is 0. The first kappa shape index (κ1) is 7.52. The normalized spacial score (nSPS) is 10.7. The number of nitrogens with two attached hydrogens (primary N) is 1. The minimum atomic E-state index is 0.197. The predicted molar refractivity (Wildman–Crippen MR) is 40.5 cm³/mol. The SMILES string of the molecule is CN(C)C=Nc1nonc1N. The van der Waals surface area contributed by atoms with E-state index >= 15 is 0 Å². The van der Waals surface area contributed by atoms with Crippen molar-refractivity contribution in [3.8, 4) is 0 Å². The van der Waals surface area contributed by atoms with Crippen LogP contribution in [0.2, 0.25) is 0 Å². The maximum atomic E-state index is 5.33. The van der Waals surface area contributed by atoms with Gasteiger partial charge in [0.05, 0.1) is 6.34 Å². The van der Waals surface area contributed by atoms with E-state index in [-0.39, 0.29) is 5.82 Å². The van der Waals surface area contributed by atoms with Gasteiger partial charge in [-0.15, -0.1) is 0 Å². The Kier molecular flexibility index (Phi) is 2.05. The molecule has 0 atom stereocenters. The van der Waals surface area contributed by atoms with E-state index in [1.165, 1.54) is 0 Å². The second kappa shape index (κ2) is 3.00. The van der Waals surface area contributed by atoms with Crippen LogP contribution in [0.15, 0.2) is 9.62 Å². The smallest absolute Gasteiger partial charge is 0.242 e. The summed E-state index contributed by atoms with van der Waals surface area (Å²) < 4.78 is 4.32. The lowest BCUT2D eigenvalue weighted by Gasteiger charge is -1.99. The summed E-state index contributed by atoms with van der Waals surface area (Å²) in [5.74, 6) is 0.502. The van der Waals surface area contributed by atoms with Crippen molar-refractivity contribution in [2.75, 3.05) is 19.8 Å². The Bertz CT molecular complexity index is 253. The van der Waals surface area contributed by atoms with E-state index in [9.17, 15) is 0 Å². The molecule has 0 fully saturated rings. The molecule has 0 unspecified atom stereocenters. The van der Waals surface area contributed by atoms with E-state index in [0.29, 0.717) is 5.82 Å². The predicted octanol–water partition coefficient (Wildman–Crippen LogP) is -0.127. The van der Waals surface area contributed by atoms with E-state index in [0.717, 1.165) is 0 Å². The number of anilines is 1. The van der Waals surface area contributed by atoms with Crippen molar-refractivity contribution in [1.82, 2.24) is 15.2 Å². The number of hydrogen-bond acceptors (Lipinski definition) is 5. The zero-order chi connectivity index (χ0) is 8.27. The molecule has 6 heteroatoms. The van der Waals surface area contributed by atoms with Crippen molar-refractivity contribution in [3.63, 3.8) is 0 Å². The van der Waals surface area contributed by atoms with Crippen molar-refractivity contribution in [3.05, 3.63) is 0 Å². The molecule has 1 heterocycles. The van der Waals surface area contributed by atoms with Crippen LogP contribution in [0.25, 0.3) is 0 Å². The zero-order valence-corrected chi connectivity index (χ0v) is 6.35. The van der Waals surface area contributed by atoms with Crippen molar-refractivity contribution in [1.29, 1.82) is 0 Å². The summed E-state index contributed by atoms with van der Waals surface area (Å²) in [7, 11) is 3.68.